The lowest BCUT2D eigenvalue weighted by Crippen LogP contribution is -2.46. The van der Waals surface area contributed by atoms with Crippen LogP contribution in [0.1, 0.15) is 34.1 Å². The zero-order valence-corrected chi connectivity index (χ0v) is 12.6. The molecule has 0 saturated carbocycles. The maximum absolute atomic E-state index is 14.1. The SMILES string of the molecule is CCNc1nc(N2CC(C)CC(C)C2C)c(F)cc1F. The van der Waals surface area contributed by atoms with Gasteiger partial charge in [-0.3, -0.25) is 0 Å². The predicted molar refractivity (Wildman–Crippen MR) is 78.1 cm³/mol. The zero-order chi connectivity index (χ0) is 14.9. The Labute approximate surface area is 119 Å². The highest BCUT2D eigenvalue weighted by molar-refractivity contribution is 5.50. The van der Waals surface area contributed by atoms with Gasteiger partial charge in [-0.05, 0) is 32.1 Å². The molecule has 3 nitrogen and oxygen atoms in total. The quantitative estimate of drug-likeness (QED) is 0.917. The first-order valence-electron chi connectivity index (χ1n) is 7.30. The molecule has 112 valence electrons. The van der Waals surface area contributed by atoms with Crippen molar-refractivity contribution in [1.29, 1.82) is 0 Å². The van der Waals surface area contributed by atoms with Gasteiger partial charge in [-0.25, -0.2) is 13.8 Å². The van der Waals surface area contributed by atoms with E-state index in [1.54, 1.807) is 0 Å². The normalized spacial score (nSPS) is 26.7. The molecule has 1 aromatic heterocycles. The molecule has 1 aliphatic rings. The summed E-state index contributed by atoms with van der Waals surface area (Å²) in [5.41, 5.74) is 0. The maximum atomic E-state index is 14.1. The maximum Gasteiger partial charge on any atom is 0.168 e. The van der Waals surface area contributed by atoms with Crippen LogP contribution in [0.25, 0.3) is 0 Å². The Balaban J connectivity index is 2.37. The van der Waals surface area contributed by atoms with Crippen LogP contribution in [0, 0.1) is 23.5 Å². The molecular formula is C15H23F2N3. The molecule has 5 heteroatoms. The molecule has 1 aromatic rings. The van der Waals surface area contributed by atoms with E-state index in [4.69, 9.17) is 0 Å². The molecular weight excluding hydrogens is 260 g/mol. The highest BCUT2D eigenvalue weighted by Gasteiger charge is 2.31. The van der Waals surface area contributed by atoms with Gasteiger partial charge in [0.15, 0.2) is 23.3 Å². The molecule has 0 amide bonds. The van der Waals surface area contributed by atoms with Crippen molar-refractivity contribution in [2.45, 2.75) is 40.2 Å². The highest BCUT2D eigenvalue weighted by Crippen LogP contribution is 2.32. The van der Waals surface area contributed by atoms with Gasteiger partial charge >= 0.3 is 0 Å². The van der Waals surface area contributed by atoms with E-state index in [0.717, 1.165) is 19.0 Å². The van der Waals surface area contributed by atoms with Gasteiger partial charge in [-0.1, -0.05) is 13.8 Å². The number of rotatable bonds is 3. The molecule has 0 bridgehead atoms. The summed E-state index contributed by atoms with van der Waals surface area (Å²) in [5.74, 6) is 0.106. The van der Waals surface area contributed by atoms with Crippen LogP contribution in [0.5, 0.6) is 0 Å². The monoisotopic (exact) mass is 283 g/mol. The summed E-state index contributed by atoms with van der Waals surface area (Å²) in [6, 6.07) is 1.13. The third-order valence-corrected chi connectivity index (χ3v) is 4.12. The van der Waals surface area contributed by atoms with Crippen LogP contribution in [0.3, 0.4) is 0 Å². The average molecular weight is 283 g/mol. The molecule has 0 aliphatic carbocycles. The van der Waals surface area contributed by atoms with Gasteiger partial charge in [0.1, 0.15) is 0 Å². The highest BCUT2D eigenvalue weighted by atomic mass is 19.1. The van der Waals surface area contributed by atoms with Gasteiger partial charge in [0.05, 0.1) is 0 Å². The van der Waals surface area contributed by atoms with Gasteiger partial charge in [0, 0.05) is 25.2 Å². The largest absolute Gasteiger partial charge is 0.368 e. The van der Waals surface area contributed by atoms with E-state index in [1.807, 2.05) is 11.8 Å². The molecule has 1 fully saturated rings. The first-order chi connectivity index (χ1) is 9.43. The van der Waals surface area contributed by atoms with E-state index in [1.165, 1.54) is 0 Å². The predicted octanol–water partition coefficient (Wildman–Crippen LogP) is 3.66. The lowest BCUT2D eigenvalue weighted by Gasteiger charge is -2.42. The summed E-state index contributed by atoms with van der Waals surface area (Å²) in [6.45, 7) is 9.57. The minimum absolute atomic E-state index is 0.127. The lowest BCUT2D eigenvalue weighted by molar-refractivity contribution is 0.293. The van der Waals surface area contributed by atoms with Crippen LogP contribution < -0.4 is 10.2 Å². The molecule has 3 atom stereocenters. The Bertz CT molecular complexity index is 478. The Morgan fingerprint density at radius 3 is 2.65 bits per heavy atom. The van der Waals surface area contributed by atoms with E-state index in [9.17, 15) is 8.78 Å². The average Bonchev–Trinajstić information content (AvgIpc) is 2.37. The van der Waals surface area contributed by atoms with Crippen molar-refractivity contribution in [3.05, 3.63) is 17.7 Å². The van der Waals surface area contributed by atoms with Crippen LogP contribution in [0.2, 0.25) is 0 Å². The zero-order valence-electron chi connectivity index (χ0n) is 12.6. The summed E-state index contributed by atoms with van der Waals surface area (Å²) in [6.07, 6.45) is 1.13. The molecule has 2 heterocycles. The summed E-state index contributed by atoms with van der Waals surface area (Å²) >= 11 is 0. The van der Waals surface area contributed by atoms with Crippen molar-refractivity contribution in [2.24, 2.45) is 11.8 Å². The van der Waals surface area contributed by atoms with E-state index >= 15 is 0 Å². The molecule has 1 N–H and O–H groups in total. The number of halogens is 2. The molecule has 1 aliphatic heterocycles. The number of aromatic nitrogens is 1. The standard InChI is InChI=1S/C15H23F2N3/c1-5-18-14-12(16)7-13(17)15(19-14)20-8-9(2)6-10(3)11(20)4/h7,9-11H,5-6,8H2,1-4H3,(H,18,19). The van der Waals surface area contributed by atoms with Crippen molar-refractivity contribution in [1.82, 2.24) is 4.98 Å². The number of nitrogens with zero attached hydrogens (tertiary/aromatic N) is 2. The van der Waals surface area contributed by atoms with Crippen LogP contribution >= 0.6 is 0 Å². The van der Waals surface area contributed by atoms with Crippen molar-refractivity contribution in [3.8, 4) is 0 Å². The second-order valence-electron chi connectivity index (χ2n) is 5.87. The number of pyridine rings is 1. The smallest absolute Gasteiger partial charge is 0.168 e. The van der Waals surface area contributed by atoms with Crippen molar-refractivity contribution < 1.29 is 8.78 Å². The van der Waals surface area contributed by atoms with Crippen LogP contribution in [-0.4, -0.2) is 24.1 Å². The van der Waals surface area contributed by atoms with E-state index in [2.05, 4.69) is 31.1 Å². The molecule has 0 spiro atoms. The molecule has 0 aromatic carbocycles. The van der Waals surface area contributed by atoms with Crippen molar-refractivity contribution in [3.63, 3.8) is 0 Å². The minimum Gasteiger partial charge on any atom is -0.368 e. The second-order valence-corrected chi connectivity index (χ2v) is 5.87. The Hall–Kier alpha value is -1.39. The first kappa shape index (κ1) is 15.0. The fourth-order valence-corrected chi connectivity index (χ4v) is 2.94. The first-order valence-corrected chi connectivity index (χ1v) is 7.30. The molecule has 20 heavy (non-hydrogen) atoms. The summed E-state index contributed by atoms with van der Waals surface area (Å²) < 4.78 is 27.8. The Morgan fingerprint density at radius 2 is 2.00 bits per heavy atom. The van der Waals surface area contributed by atoms with Crippen molar-refractivity contribution >= 4 is 11.6 Å². The Kier molecular flexibility index (Phi) is 4.45. The summed E-state index contributed by atoms with van der Waals surface area (Å²) in [7, 11) is 0. The third-order valence-electron chi connectivity index (χ3n) is 4.12. The molecule has 3 unspecified atom stereocenters. The molecule has 2 rings (SSSR count). The lowest BCUT2D eigenvalue weighted by atomic mass is 9.86. The van der Waals surface area contributed by atoms with Crippen LogP contribution in [0.15, 0.2) is 6.07 Å². The van der Waals surface area contributed by atoms with Gasteiger partial charge in [0.2, 0.25) is 0 Å². The number of anilines is 2. The fraction of sp³-hybridized carbons (Fsp3) is 0.667. The van der Waals surface area contributed by atoms with Crippen LogP contribution in [0.4, 0.5) is 20.4 Å². The Morgan fingerprint density at radius 1 is 1.30 bits per heavy atom. The van der Waals surface area contributed by atoms with E-state index in [-0.39, 0.29) is 17.7 Å². The van der Waals surface area contributed by atoms with Gasteiger partial charge < -0.3 is 10.2 Å². The van der Waals surface area contributed by atoms with Gasteiger partial charge in [0.25, 0.3) is 0 Å². The summed E-state index contributed by atoms with van der Waals surface area (Å²) in [4.78, 5) is 6.14. The van der Waals surface area contributed by atoms with Gasteiger partial charge in [-0.15, -0.1) is 0 Å². The topological polar surface area (TPSA) is 28.2 Å². The number of nitrogens with one attached hydrogen (secondary N) is 1. The van der Waals surface area contributed by atoms with E-state index in [0.29, 0.717) is 18.4 Å². The number of hydrogen-bond donors (Lipinski definition) is 1. The van der Waals surface area contributed by atoms with Gasteiger partial charge in [-0.2, -0.15) is 0 Å². The minimum atomic E-state index is -0.640. The summed E-state index contributed by atoms with van der Waals surface area (Å²) in [5, 5.41) is 2.84. The number of piperidine rings is 1. The van der Waals surface area contributed by atoms with E-state index < -0.39 is 11.6 Å². The molecule has 0 radical (unpaired) electrons. The van der Waals surface area contributed by atoms with Crippen molar-refractivity contribution in [2.75, 3.05) is 23.3 Å². The fourth-order valence-electron chi connectivity index (χ4n) is 2.94. The third kappa shape index (κ3) is 2.86. The molecule has 1 saturated heterocycles. The van der Waals surface area contributed by atoms with Crippen LogP contribution in [-0.2, 0) is 0 Å². The number of hydrogen-bond acceptors (Lipinski definition) is 3. The second kappa shape index (κ2) is 5.94.